The van der Waals surface area contributed by atoms with E-state index in [9.17, 15) is 9.59 Å². The van der Waals surface area contributed by atoms with Crippen molar-refractivity contribution in [3.8, 4) is 5.75 Å². The lowest BCUT2D eigenvalue weighted by atomic mass is 10.2. The maximum absolute atomic E-state index is 12.5. The quantitative estimate of drug-likeness (QED) is 0.698. The first-order valence-corrected chi connectivity index (χ1v) is 9.44. The predicted molar refractivity (Wildman–Crippen MR) is 112 cm³/mol. The van der Waals surface area contributed by atoms with Crippen molar-refractivity contribution in [2.75, 3.05) is 39.1 Å². The first kappa shape index (κ1) is 21.7. The van der Waals surface area contributed by atoms with Crippen LogP contribution in [0.3, 0.4) is 0 Å². The second-order valence-corrected chi connectivity index (χ2v) is 6.87. The van der Waals surface area contributed by atoms with Gasteiger partial charge in [0.15, 0.2) is 0 Å². The number of hydrogen-bond donors (Lipinski definition) is 1. The molecule has 0 radical (unpaired) electrons. The maximum Gasteiger partial charge on any atom is 0.244 e. The molecule has 0 aliphatic heterocycles. The highest BCUT2D eigenvalue weighted by Crippen LogP contribution is 2.27. The van der Waals surface area contributed by atoms with Gasteiger partial charge in [0, 0.05) is 18.6 Å². The number of ether oxygens (including phenoxy) is 1. The molecule has 0 bridgehead atoms. The lowest BCUT2D eigenvalue weighted by Gasteiger charge is -2.24. The molecular weight excluding hydrogens is 378 g/mol. The van der Waals surface area contributed by atoms with Gasteiger partial charge in [0.1, 0.15) is 5.75 Å². The van der Waals surface area contributed by atoms with Crippen LogP contribution in [0, 0.1) is 0 Å². The molecule has 1 N–H and O–H groups in total. The third-order valence-electron chi connectivity index (χ3n) is 4.30. The molecule has 28 heavy (non-hydrogen) atoms. The number of halogens is 1. The zero-order chi connectivity index (χ0) is 20.5. The van der Waals surface area contributed by atoms with E-state index < -0.39 is 0 Å². The summed E-state index contributed by atoms with van der Waals surface area (Å²) in [6.45, 7) is 3.62. The smallest absolute Gasteiger partial charge is 0.244 e. The number of methoxy groups -OCH3 is 1. The lowest BCUT2D eigenvalue weighted by molar-refractivity contribution is -0.134. The summed E-state index contributed by atoms with van der Waals surface area (Å²) >= 11 is 5.98. The van der Waals surface area contributed by atoms with Crippen molar-refractivity contribution in [1.82, 2.24) is 9.80 Å². The number of likely N-dealkylation sites (N-methyl/N-ethyl adjacent to an activating group) is 2. The van der Waals surface area contributed by atoms with Crippen LogP contribution >= 0.6 is 11.6 Å². The number of hydrogen-bond acceptors (Lipinski definition) is 4. The van der Waals surface area contributed by atoms with E-state index in [-0.39, 0.29) is 24.9 Å². The summed E-state index contributed by atoms with van der Waals surface area (Å²) in [5, 5.41) is 3.23. The maximum atomic E-state index is 12.5. The Hall–Kier alpha value is -2.57. The first-order valence-electron chi connectivity index (χ1n) is 9.06. The van der Waals surface area contributed by atoms with E-state index in [1.54, 1.807) is 25.2 Å². The Morgan fingerprint density at radius 2 is 1.82 bits per heavy atom. The van der Waals surface area contributed by atoms with Gasteiger partial charge in [-0.2, -0.15) is 0 Å². The molecule has 0 aliphatic rings. The number of amides is 2. The Labute approximate surface area is 171 Å². The van der Waals surface area contributed by atoms with Gasteiger partial charge < -0.3 is 15.0 Å². The molecular formula is C21H26ClN3O3. The number of carbonyl (C=O) groups excluding carboxylic acids is 2. The van der Waals surface area contributed by atoms with Crippen LogP contribution in [0.2, 0.25) is 5.02 Å². The summed E-state index contributed by atoms with van der Waals surface area (Å²) in [6, 6.07) is 14.9. The average Bonchev–Trinajstić information content (AvgIpc) is 2.68. The number of nitrogens with zero attached hydrogens (tertiary/aromatic N) is 2. The van der Waals surface area contributed by atoms with Crippen LogP contribution in [-0.4, -0.2) is 55.4 Å². The largest absolute Gasteiger partial charge is 0.495 e. The fourth-order valence-electron chi connectivity index (χ4n) is 2.70. The molecule has 6 nitrogen and oxygen atoms in total. The van der Waals surface area contributed by atoms with Crippen molar-refractivity contribution in [2.45, 2.75) is 13.5 Å². The van der Waals surface area contributed by atoms with Crippen molar-refractivity contribution in [2.24, 2.45) is 0 Å². The van der Waals surface area contributed by atoms with Crippen LogP contribution in [0.5, 0.6) is 5.75 Å². The van der Waals surface area contributed by atoms with Gasteiger partial charge in [-0.25, -0.2) is 0 Å². The molecule has 0 heterocycles. The van der Waals surface area contributed by atoms with E-state index >= 15 is 0 Å². The molecule has 0 saturated carbocycles. The third-order valence-corrected chi connectivity index (χ3v) is 4.53. The van der Waals surface area contributed by atoms with E-state index in [1.807, 2.05) is 42.2 Å². The van der Waals surface area contributed by atoms with Gasteiger partial charge in [0.05, 0.1) is 25.9 Å². The fraction of sp³-hybridized carbons (Fsp3) is 0.333. The molecule has 0 spiro atoms. The van der Waals surface area contributed by atoms with Crippen LogP contribution in [-0.2, 0) is 16.1 Å². The van der Waals surface area contributed by atoms with E-state index in [4.69, 9.17) is 16.3 Å². The van der Waals surface area contributed by atoms with Crippen LogP contribution in [0.15, 0.2) is 48.5 Å². The summed E-state index contributed by atoms with van der Waals surface area (Å²) < 4.78 is 5.22. The lowest BCUT2D eigenvalue weighted by Crippen LogP contribution is -2.41. The van der Waals surface area contributed by atoms with Crippen molar-refractivity contribution < 1.29 is 14.3 Å². The van der Waals surface area contributed by atoms with E-state index in [2.05, 4.69) is 5.32 Å². The highest BCUT2D eigenvalue weighted by Gasteiger charge is 2.17. The van der Waals surface area contributed by atoms with Crippen LogP contribution in [0.4, 0.5) is 5.69 Å². The highest BCUT2D eigenvalue weighted by molar-refractivity contribution is 6.31. The second-order valence-electron chi connectivity index (χ2n) is 6.43. The Kier molecular flexibility index (Phi) is 8.29. The summed E-state index contributed by atoms with van der Waals surface area (Å²) in [7, 11) is 3.13. The minimum Gasteiger partial charge on any atom is -0.495 e. The van der Waals surface area contributed by atoms with Crippen molar-refractivity contribution in [3.63, 3.8) is 0 Å². The molecule has 2 amide bonds. The molecule has 0 fully saturated rings. The van der Waals surface area contributed by atoms with Gasteiger partial charge in [-0.3, -0.25) is 14.5 Å². The minimum absolute atomic E-state index is 0.0581. The SMILES string of the molecule is CCN(CC(=O)N(C)CC(=O)Nc1cc(Cl)ccc1OC)Cc1ccccc1. The zero-order valence-electron chi connectivity index (χ0n) is 16.4. The van der Waals surface area contributed by atoms with Gasteiger partial charge in [0.2, 0.25) is 11.8 Å². The van der Waals surface area contributed by atoms with Gasteiger partial charge in [-0.15, -0.1) is 0 Å². The van der Waals surface area contributed by atoms with Gasteiger partial charge >= 0.3 is 0 Å². The standard InChI is InChI=1S/C21H26ClN3O3/c1-4-25(13-16-8-6-5-7-9-16)15-21(27)24(2)14-20(26)23-18-12-17(22)10-11-19(18)28-3/h5-12H,4,13-15H2,1-3H3,(H,23,26). The highest BCUT2D eigenvalue weighted by atomic mass is 35.5. The summed E-state index contributed by atoms with van der Waals surface area (Å²) in [5.41, 5.74) is 1.62. The van der Waals surface area contributed by atoms with Gasteiger partial charge in [0.25, 0.3) is 0 Å². The monoisotopic (exact) mass is 403 g/mol. The predicted octanol–water partition coefficient (Wildman–Crippen LogP) is 3.27. The number of rotatable bonds is 9. The topological polar surface area (TPSA) is 61.9 Å². The van der Waals surface area contributed by atoms with Crippen LogP contribution in [0.1, 0.15) is 12.5 Å². The van der Waals surface area contributed by atoms with Crippen molar-refractivity contribution in [1.29, 1.82) is 0 Å². The Morgan fingerprint density at radius 1 is 1.11 bits per heavy atom. The molecule has 2 aromatic carbocycles. The molecule has 7 heteroatoms. The number of benzene rings is 2. The molecule has 150 valence electrons. The number of carbonyl (C=O) groups is 2. The zero-order valence-corrected chi connectivity index (χ0v) is 17.2. The van der Waals surface area contributed by atoms with E-state index in [0.717, 1.165) is 12.1 Å². The Morgan fingerprint density at radius 3 is 2.46 bits per heavy atom. The fourth-order valence-corrected chi connectivity index (χ4v) is 2.88. The van der Waals surface area contributed by atoms with Crippen molar-refractivity contribution in [3.05, 3.63) is 59.1 Å². The molecule has 2 rings (SSSR count). The number of anilines is 1. The second kappa shape index (κ2) is 10.7. The number of nitrogens with one attached hydrogen (secondary N) is 1. The molecule has 0 aliphatic carbocycles. The summed E-state index contributed by atoms with van der Waals surface area (Å²) in [4.78, 5) is 28.3. The van der Waals surface area contributed by atoms with Crippen LogP contribution in [0.25, 0.3) is 0 Å². The summed E-state index contributed by atoms with van der Waals surface area (Å²) in [5.74, 6) is 0.0697. The van der Waals surface area contributed by atoms with E-state index in [0.29, 0.717) is 23.0 Å². The van der Waals surface area contributed by atoms with E-state index in [1.165, 1.54) is 12.0 Å². The normalized spacial score (nSPS) is 10.6. The molecule has 0 atom stereocenters. The molecule has 0 saturated heterocycles. The minimum atomic E-state index is -0.317. The molecule has 2 aromatic rings. The Bertz CT molecular complexity index is 799. The van der Waals surface area contributed by atoms with Crippen molar-refractivity contribution >= 4 is 29.1 Å². The third kappa shape index (κ3) is 6.55. The molecule has 0 unspecified atom stereocenters. The van der Waals surface area contributed by atoms with Gasteiger partial charge in [-0.1, -0.05) is 48.9 Å². The first-order chi connectivity index (χ1) is 13.4. The average molecular weight is 404 g/mol. The van der Waals surface area contributed by atoms with Gasteiger partial charge in [-0.05, 0) is 30.3 Å². The van der Waals surface area contributed by atoms with Crippen LogP contribution < -0.4 is 10.1 Å². The summed E-state index contributed by atoms with van der Waals surface area (Å²) in [6.07, 6.45) is 0. The molecule has 0 aromatic heterocycles. The Balaban J connectivity index is 1.90.